The smallest absolute Gasteiger partial charge is 0.163 e. The van der Waals surface area contributed by atoms with Gasteiger partial charge in [-0.3, -0.25) is 4.79 Å². The number of carbonyl (C=O) groups is 1. The molecule has 1 N–H and O–H groups in total. The lowest BCUT2D eigenvalue weighted by atomic mass is 10.1. The van der Waals surface area contributed by atoms with Crippen molar-refractivity contribution in [2.75, 3.05) is 6.61 Å². The third-order valence-electron chi connectivity index (χ3n) is 3.63. The number of hydrogen-bond donors (Lipinski definition) is 1. The van der Waals surface area contributed by atoms with E-state index in [-0.39, 0.29) is 12.4 Å². The second-order valence-corrected chi connectivity index (χ2v) is 5.40. The molecule has 0 aliphatic heterocycles. The van der Waals surface area contributed by atoms with Gasteiger partial charge in [0.2, 0.25) is 0 Å². The molecule has 0 radical (unpaired) electrons. The van der Waals surface area contributed by atoms with E-state index in [2.05, 4.69) is 4.98 Å². The Hall–Kier alpha value is -2.66. The Morgan fingerprint density at radius 1 is 1.22 bits per heavy atom. The molecule has 1 atom stereocenters. The van der Waals surface area contributed by atoms with Gasteiger partial charge in [0, 0.05) is 0 Å². The van der Waals surface area contributed by atoms with Crippen LogP contribution >= 0.6 is 0 Å². The van der Waals surface area contributed by atoms with Crippen molar-refractivity contribution in [3.05, 3.63) is 60.4 Å². The highest BCUT2D eigenvalue weighted by Gasteiger charge is 2.12. The van der Waals surface area contributed by atoms with Crippen LogP contribution in [0.4, 0.5) is 0 Å². The highest BCUT2D eigenvalue weighted by molar-refractivity contribution is 5.96. The van der Waals surface area contributed by atoms with E-state index in [4.69, 9.17) is 4.74 Å². The minimum absolute atomic E-state index is 0.0595. The van der Waals surface area contributed by atoms with Gasteiger partial charge in [-0.05, 0) is 31.2 Å². The molecule has 0 amide bonds. The van der Waals surface area contributed by atoms with Crippen LogP contribution in [0, 0.1) is 0 Å². The molecule has 3 rings (SSSR count). The molecule has 0 spiro atoms. The van der Waals surface area contributed by atoms with Crippen LogP contribution in [0.3, 0.4) is 0 Å². The van der Waals surface area contributed by atoms with E-state index in [1.54, 1.807) is 30.6 Å². The molecule has 5 nitrogen and oxygen atoms in total. The number of ketones is 1. The molecule has 0 saturated carbocycles. The maximum absolute atomic E-state index is 11.6. The van der Waals surface area contributed by atoms with Crippen LogP contribution in [0.25, 0.3) is 11.0 Å². The second-order valence-electron chi connectivity index (χ2n) is 5.40. The molecule has 0 saturated heterocycles. The zero-order chi connectivity index (χ0) is 16.2. The van der Waals surface area contributed by atoms with Gasteiger partial charge in [-0.15, -0.1) is 0 Å². The van der Waals surface area contributed by atoms with Crippen molar-refractivity contribution in [2.45, 2.75) is 19.6 Å². The molecule has 1 aromatic heterocycles. The number of benzene rings is 2. The second kappa shape index (κ2) is 6.62. The fraction of sp³-hybridized carbons (Fsp3) is 0.222. The molecular weight excluding hydrogens is 292 g/mol. The van der Waals surface area contributed by atoms with Gasteiger partial charge in [-0.1, -0.05) is 24.3 Å². The van der Waals surface area contributed by atoms with Crippen molar-refractivity contribution in [3.8, 4) is 5.75 Å². The van der Waals surface area contributed by atoms with Gasteiger partial charge in [-0.25, -0.2) is 4.98 Å². The molecular formula is C18H18N2O3. The molecule has 23 heavy (non-hydrogen) atoms. The summed E-state index contributed by atoms with van der Waals surface area (Å²) in [6.45, 7) is 1.98. The number of nitrogens with zero attached hydrogens (tertiary/aromatic N) is 2. The fourth-order valence-corrected chi connectivity index (χ4v) is 2.50. The number of ether oxygens (including phenoxy) is 1. The summed E-state index contributed by atoms with van der Waals surface area (Å²) < 4.78 is 7.51. The number of rotatable bonds is 6. The molecule has 118 valence electrons. The lowest BCUT2D eigenvalue weighted by molar-refractivity contribution is 0.0904. The predicted octanol–water partition coefficient (Wildman–Crippen LogP) is 2.68. The zero-order valence-corrected chi connectivity index (χ0v) is 12.8. The predicted molar refractivity (Wildman–Crippen MR) is 87.7 cm³/mol. The minimum atomic E-state index is -0.701. The van der Waals surface area contributed by atoms with E-state index < -0.39 is 6.10 Å². The molecule has 5 heteroatoms. The average molecular weight is 310 g/mol. The Morgan fingerprint density at radius 3 is 2.78 bits per heavy atom. The van der Waals surface area contributed by atoms with Gasteiger partial charge in [0.05, 0.1) is 29.5 Å². The zero-order valence-electron chi connectivity index (χ0n) is 12.8. The van der Waals surface area contributed by atoms with Crippen molar-refractivity contribution in [3.63, 3.8) is 0 Å². The SMILES string of the molecule is CC(=O)c1ccccc1OC[C@H](O)Cn1cnc2ccccc21. The van der Waals surface area contributed by atoms with E-state index in [1.165, 1.54) is 6.92 Å². The summed E-state index contributed by atoms with van der Waals surface area (Å²) in [6, 6.07) is 14.8. The summed E-state index contributed by atoms with van der Waals surface area (Å²) in [5.41, 5.74) is 2.38. The number of Topliss-reactive ketones (excluding diaryl/α,β-unsaturated/α-hetero) is 1. The monoisotopic (exact) mass is 310 g/mol. The number of para-hydroxylation sites is 3. The molecule has 0 bridgehead atoms. The van der Waals surface area contributed by atoms with E-state index in [1.807, 2.05) is 28.8 Å². The van der Waals surface area contributed by atoms with E-state index in [9.17, 15) is 9.90 Å². The first-order valence-electron chi connectivity index (χ1n) is 7.46. The maximum Gasteiger partial charge on any atom is 0.163 e. The van der Waals surface area contributed by atoms with Crippen molar-refractivity contribution < 1.29 is 14.6 Å². The third kappa shape index (κ3) is 3.40. The van der Waals surface area contributed by atoms with E-state index in [0.717, 1.165) is 11.0 Å². The van der Waals surface area contributed by atoms with Gasteiger partial charge in [-0.2, -0.15) is 0 Å². The largest absolute Gasteiger partial charge is 0.490 e. The standard InChI is InChI=1S/C18H18N2O3/c1-13(21)15-6-2-5-9-18(15)23-11-14(22)10-20-12-19-16-7-3-4-8-17(16)20/h2-9,12,14,22H,10-11H2,1H3/t14-/m1/s1. The quantitative estimate of drug-likeness (QED) is 0.711. The van der Waals surface area contributed by atoms with Gasteiger partial charge < -0.3 is 14.4 Å². The van der Waals surface area contributed by atoms with Crippen LogP contribution < -0.4 is 4.74 Å². The van der Waals surface area contributed by atoms with Crippen LogP contribution in [-0.2, 0) is 6.54 Å². The topological polar surface area (TPSA) is 64.3 Å². The first-order chi connectivity index (χ1) is 11.1. The summed E-state index contributed by atoms with van der Waals surface area (Å²) in [4.78, 5) is 15.9. The lowest BCUT2D eigenvalue weighted by Crippen LogP contribution is -2.23. The van der Waals surface area contributed by atoms with Crippen molar-refractivity contribution in [2.24, 2.45) is 0 Å². The van der Waals surface area contributed by atoms with Gasteiger partial charge in [0.1, 0.15) is 18.5 Å². The normalized spacial score (nSPS) is 12.3. The van der Waals surface area contributed by atoms with Crippen LogP contribution in [0.5, 0.6) is 5.75 Å². The Balaban J connectivity index is 1.66. The van der Waals surface area contributed by atoms with E-state index >= 15 is 0 Å². The Bertz CT molecular complexity index is 826. The Morgan fingerprint density at radius 2 is 1.96 bits per heavy atom. The Kier molecular flexibility index (Phi) is 4.39. The maximum atomic E-state index is 11.6. The van der Waals surface area contributed by atoms with Crippen molar-refractivity contribution in [1.29, 1.82) is 0 Å². The summed E-state index contributed by atoms with van der Waals surface area (Å²) in [5, 5.41) is 10.2. The first kappa shape index (κ1) is 15.2. The van der Waals surface area contributed by atoms with Crippen LogP contribution in [-0.4, -0.2) is 33.2 Å². The van der Waals surface area contributed by atoms with Gasteiger partial charge in [0.25, 0.3) is 0 Å². The fourth-order valence-electron chi connectivity index (χ4n) is 2.50. The molecule has 0 aliphatic rings. The van der Waals surface area contributed by atoms with Crippen molar-refractivity contribution in [1.82, 2.24) is 9.55 Å². The molecule has 0 unspecified atom stereocenters. The molecule has 1 heterocycles. The van der Waals surface area contributed by atoms with E-state index in [0.29, 0.717) is 17.9 Å². The number of aliphatic hydroxyl groups excluding tert-OH is 1. The summed E-state index contributed by atoms with van der Waals surface area (Å²) in [5.74, 6) is 0.435. The molecule has 3 aromatic rings. The van der Waals surface area contributed by atoms with Gasteiger partial charge in [0.15, 0.2) is 5.78 Å². The number of hydrogen-bond acceptors (Lipinski definition) is 4. The summed E-state index contributed by atoms with van der Waals surface area (Å²) in [7, 11) is 0. The minimum Gasteiger partial charge on any atom is -0.490 e. The first-order valence-corrected chi connectivity index (χ1v) is 7.46. The Labute approximate surface area is 134 Å². The van der Waals surface area contributed by atoms with Crippen LogP contribution in [0.2, 0.25) is 0 Å². The average Bonchev–Trinajstić information content (AvgIpc) is 2.96. The highest BCUT2D eigenvalue weighted by Crippen LogP contribution is 2.19. The molecule has 2 aromatic carbocycles. The van der Waals surface area contributed by atoms with Crippen LogP contribution in [0.1, 0.15) is 17.3 Å². The number of carbonyl (C=O) groups excluding carboxylic acids is 1. The lowest BCUT2D eigenvalue weighted by Gasteiger charge is -2.15. The number of fused-ring (bicyclic) bond motifs is 1. The molecule has 0 aliphatic carbocycles. The third-order valence-corrected chi connectivity index (χ3v) is 3.63. The number of aromatic nitrogens is 2. The number of aliphatic hydroxyl groups is 1. The van der Waals surface area contributed by atoms with Crippen LogP contribution in [0.15, 0.2) is 54.9 Å². The highest BCUT2D eigenvalue weighted by atomic mass is 16.5. The molecule has 0 fully saturated rings. The van der Waals surface area contributed by atoms with Crippen molar-refractivity contribution >= 4 is 16.8 Å². The van der Waals surface area contributed by atoms with Gasteiger partial charge >= 0.3 is 0 Å². The summed E-state index contributed by atoms with van der Waals surface area (Å²) in [6.07, 6.45) is 1.00. The number of imidazole rings is 1. The summed E-state index contributed by atoms with van der Waals surface area (Å²) >= 11 is 0.